The van der Waals surface area contributed by atoms with E-state index in [9.17, 15) is 19.3 Å². The Balaban J connectivity index is 2.35. The number of aromatic carboxylic acids is 1. The Kier molecular flexibility index (Phi) is 4.37. The van der Waals surface area contributed by atoms with Crippen molar-refractivity contribution in [1.82, 2.24) is 0 Å². The van der Waals surface area contributed by atoms with Crippen molar-refractivity contribution in [3.8, 4) is 0 Å². The molecule has 1 unspecified atom stereocenters. The number of nitro benzene ring substituents is 1. The molecule has 0 spiro atoms. The maximum Gasteiger partial charge on any atom is 0.342 e. The summed E-state index contributed by atoms with van der Waals surface area (Å²) in [4.78, 5) is 22.7. The van der Waals surface area contributed by atoms with Gasteiger partial charge < -0.3 is 14.7 Å². The van der Waals surface area contributed by atoms with Gasteiger partial charge in [-0.2, -0.15) is 0 Å². The lowest BCUT2D eigenvalue weighted by Gasteiger charge is -2.19. The zero-order valence-electron chi connectivity index (χ0n) is 11.4. The van der Waals surface area contributed by atoms with Crippen LogP contribution < -0.4 is 4.90 Å². The predicted octanol–water partition coefficient (Wildman–Crippen LogP) is 1.90. The quantitative estimate of drug-likeness (QED) is 0.659. The number of carboxylic acids is 1. The van der Waals surface area contributed by atoms with Crippen LogP contribution in [0.25, 0.3) is 0 Å². The van der Waals surface area contributed by atoms with E-state index in [-0.39, 0.29) is 11.6 Å². The molecule has 1 aromatic carbocycles. The summed E-state index contributed by atoms with van der Waals surface area (Å²) < 4.78 is 19.1. The first kappa shape index (κ1) is 15.2. The normalized spacial score (nSPS) is 18.0. The lowest BCUT2D eigenvalue weighted by molar-refractivity contribution is -0.385. The number of nitro groups is 1. The molecule has 8 heteroatoms. The molecule has 7 nitrogen and oxygen atoms in total. The number of rotatable bonds is 5. The second kappa shape index (κ2) is 6.04. The van der Waals surface area contributed by atoms with E-state index in [4.69, 9.17) is 9.84 Å². The van der Waals surface area contributed by atoms with Gasteiger partial charge in [-0.1, -0.05) is 0 Å². The molecule has 21 heavy (non-hydrogen) atoms. The Morgan fingerprint density at radius 3 is 2.90 bits per heavy atom. The smallest absolute Gasteiger partial charge is 0.342 e. The maximum absolute atomic E-state index is 14.0. The Hall–Kier alpha value is -2.22. The number of ether oxygens (including phenoxy) is 1. The van der Waals surface area contributed by atoms with Crippen LogP contribution in [0.3, 0.4) is 0 Å². The van der Waals surface area contributed by atoms with Crippen molar-refractivity contribution in [1.29, 1.82) is 0 Å². The first-order valence-corrected chi connectivity index (χ1v) is 6.39. The van der Waals surface area contributed by atoms with E-state index in [0.29, 0.717) is 25.8 Å². The summed E-state index contributed by atoms with van der Waals surface area (Å²) in [5.74, 6) is -2.00. The first-order valence-electron chi connectivity index (χ1n) is 6.39. The fraction of sp³-hybridized carbons (Fsp3) is 0.462. The molecule has 0 aliphatic carbocycles. The summed E-state index contributed by atoms with van der Waals surface area (Å²) in [6.45, 7) is 1.63. The van der Waals surface area contributed by atoms with Gasteiger partial charge in [0.25, 0.3) is 5.69 Å². The van der Waals surface area contributed by atoms with Gasteiger partial charge in [0.05, 0.1) is 23.3 Å². The lowest BCUT2D eigenvalue weighted by atomic mass is 10.1. The van der Waals surface area contributed by atoms with Crippen LogP contribution in [0.1, 0.15) is 16.8 Å². The van der Waals surface area contributed by atoms with Gasteiger partial charge in [-0.25, -0.2) is 9.18 Å². The van der Waals surface area contributed by atoms with Crippen LogP contribution in [-0.4, -0.2) is 42.8 Å². The van der Waals surface area contributed by atoms with Crippen molar-refractivity contribution in [2.45, 2.75) is 6.42 Å². The van der Waals surface area contributed by atoms with Gasteiger partial charge in [0.1, 0.15) is 5.56 Å². The summed E-state index contributed by atoms with van der Waals surface area (Å²) in [6, 6.07) is 1.70. The standard InChI is InChI=1S/C13H15FN2O5/c1-21-7-8-2-3-15(6-8)12-4-9(13(17)18)11(16(19)20)5-10(12)14/h4-5,8H,2-3,6-7H2,1H3,(H,17,18). The van der Waals surface area contributed by atoms with Crippen LogP contribution in [0.5, 0.6) is 0 Å². The molecule has 0 amide bonds. The summed E-state index contributed by atoms with van der Waals surface area (Å²) in [5, 5.41) is 19.8. The fourth-order valence-corrected chi connectivity index (χ4v) is 2.54. The number of hydrogen-bond acceptors (Lipinski definition) is 5. The van der Waals surface area contributed by atoms with Crippen molar-refractivity contribution in [2.24, 2.45) is 5.92 Å². The molecule has 0 bridgehead atoms. The SMILES string of the molecule is COCC1CCN(c2cc(C(=O)O)c([N+](=O)[O-])cc2F)C1. The third kappa shape index (κ3) is 3.10. The molecular formula is C13H15FN2O5. The highest BCUT2D eigenvalue weighted by Gasteiger charge is 2.29. The average molecular weight is 298 g/mol. The molecule has 0 saturated carbocycles. The minimum Gasteiger partial charge on any atom is -0.477 e. The van der Waals surface area contributed by atoms with Crippen molar-refractivity contribution in [2.75, 3.05) is 31.7 Å². The third-order valence-electron chi connectivity index (χ3n) is 3.52. The molecule has 1 atom stereocenters. The Bertz CT molecular complexity index is 578. The first-order chi connectivity index (χ1) is 9.93. The molecule has 1 fully saturated rings. The summed E-state index contributed by atoms with van der Waals surface area (Å²) in [7, 11) is 1.58. The van der Waals surface area contributed by atoms with Crippen molar-refractivity contribution >= 4 is 17.3 Å². The number of anilines is 1. The highest BCUT2D eigenvalue weighted by molar-refractivity contribution is 5.93. The lowest BCUT2D eigenvalue weighted by Crippen LogP contribution is -2.22. The van der Waals surface area contributed by atoms with Crippen LogP contribution in [-0.2, 0) is 4.74 Å². The molecule has 2 rings (SSSR count). The van der Waals surface area contributed by atoms with Crippen LogP contribution in [0.15, 0.2) is 12.1 Å². The zero-order chi connectivity index (χ0) is 15.6. The fourth-order valence-electron chi connectivity index (χ4n) is 2.54. The Labute approximate surface area is 120 Å². The van der Waals surface area contributed by atoms with Crippen LogP contribution in [0, 0.1) is 21.8 Å². The van der Waals surface area contributed by atoms with Gasteiger partial charge in [-0.15, -0.1) is 0 Å². The molecule has 0 radical (unpaired) electrons. The zero-order valence-corrected chi connectivity index (χ0v) is 11.4. The minimum atomic E-state index is -1.45. The molecule has 1 aliphatic rings. The molecule has 1 aliphatic heterocycles. The number of nitrogens with zero attached hydrogens (tertiary/aromatic N) is 2. The van der Waals surface area contributed by atoms with E-state index in [1.165, 1.54) is 0 Å². The van der Waals surface area contributed by atoms with Crippen LogP contribution >= 0.6 is 0 Å². The molecule has 1 heterocycles. The van der Waals surface area contributed by atoms with Crippen molar-refractivity contribution < 1.29 is 24.0 Å². The highest BCUT2D eigenvalue weighted by atomic mass is 19.1. The van der Waals surface area contributed by atoms with Crippen molar-refractivity contribution in [3.05, 3.63) is 33.6 Å². The summed E-state index contributed by atoms with van der Waals surface area (Å²) >= 11 is 0. The van der Waals surface area contributed by atoms with E-state index in [2.05, 4.69) is 0 Å². The van der Waals surface area contributed by atoms with Crippen LogP contribution in [0.2, 0.25) is 0 Å². The number of methoxy groups -OCH3 is 1. The molecular weight excluding hydrogens is 283 g/mol. The monoisotopic (exact) mass is 298 g/mol. The van der Waals surface area contributed by atoms with E-state index in [1.54, 1.807) is 12.0 Å². The van der Waals surface area contributed by atoms with Crippen molar-refractivity contribution in [3.63, 3.8) is 0 Å². The van der Waals surface area contributed by atoms with Crippen LogP contribution in [0.4, 0.5) is 15.8 Å². The number of hydrogen-bond donors (Lipinski definition) is 1. The van der Waals surface area contributed by atoms with Gasteiger partial charge in [0.15, 0.2) is 5.82 Å². The second-order valence-electron chi connectivity index (χ2n) is 4.94. The largest absolute Gasteiger partial charge is 0.477 e. The van der Waals surface area contributed by atoms with E-state index < -0.39 is 28.0 Å². The minimum absolute atomic E-state index is 0.0802. The van der Waals surface area contributed by atoms with E-state index in [0.717, 1.165) is 12.5 Å². The molecule has 1 saturated heterocycles. The third-order valence-corrected chi connectivity index (χ3v) is 3.52. The number of carboxylic acid groups (broad SMARTS) is 1. The highest BCUT2D eigenvalue weighted by Crippen LogP contribution is 2.31. The van der Waals surface area contributed by atoms with Gasteiger partial charge in [0, 0.05) is 26.1 Å². The van der Waals surface area contributed by atoms with Gasteiger partial charge in [-0.3, -0.25) is 10.1 Å². The number of halogens is 1. The summed E-state index contributed by atoms with van der Waals surface area (Å²) in [5.41, 5.74) is -1.17. The maximum atomic E-state index is 14.0. The average Bonchev–Trinajstić information content (AvgIpc) is 2.86. The number of carbonyl (C=O) groups is 1. The predicted molar refractivity (Wildman–Crippen MR) is 72.2 cm³/mol. The van der Waals surface area contributed by atoms with Gasteiger partial charge in [0.2, 0.25) is 0 Å². The van der Waals surface area contributed by atoms with Gasteiger partial charge in [-0.05, 0) is 12.5 Å². The summed E-state index contributed by atoms with van der Waals surface area (Å²) in [6.07, 6.45) is 0.798. The number of benzene rings is 1. The Morgan fingerprint density at radius 1 is 1.62 bits per heavy atom. The Morgan fingerprint density at radius 2 is 2.33 bits per heavy atom. The second-order valence-corrected chi connectivity index (χ2v) is 4.94. The molecule has 1 aromatic rings. The topological polar surface area (TPSA) is 92.9 Å². The molecule has 0 aromatic heterocycles. The molecule has 114 valence electrons. The van der Waals surface area contributed by atoms with E-state index in [1.807, 2.05) is 0 Å². The van der Waals surface area contributed by atoms with E-state index >= 15 is 0 Å². The molecule has 1 N–H and O–H groups in total. The van der Waals surface area contributed by atoms with Gasteiger partial charge >= 0.3 is 5.97 Å².